The van der Waals surface area contributed by atoms with Gasteiger partial charge in [-0.05, 0) is 66.7 Å². The van der Waals surface area contributed by atoms with Gasteiger partial charge in [-0.25, -0.2) is 8.42 Å². The summed E-state index contributed by atoms with van der Waals surface area (Å²) in [7, 11) is -2.49. The molecule has 0 aliphatic carbocycles. The first-order valence-electron chi connectivity index (χ1n) is 10.3. The third-order valence-corrected chi connectivity index (χ3v) is 6.23. The van der Waals surface area contributed by atoms with E-state index >= 15 is 0 Å². The Morgan fingerprint density at radius 2 is 1.38 bits per heavy atom. The fourth-order valence-electron chi connectivity index (χ4n) is 3.17. The number of anilines is 2. The van der Waals surface area contributed by atoms with Crippen molar-refractivity contribution >= 4 is 27.3 Å². The van der Waals surface area contributed by atoms with Gasteiger partial charge >= 0.3 is 0 Å². The second-order valence-electron chi connectivity index (χ2n) is 7.23. The molecule has 0 radical (unpaired) electrons. The fourth-order valence-corrected chi connectivity index (χ4v) is 4.25. The third kappa shape index (κ3) is 5.54. The molecule has 34 heavy (non-hydrogen) atoms. The van der Waals surface area contributed by atoms with E-state index in [9.17, 15) is 13.2 Å². The van der Waals surface area contributed by atoms with Crippen molar-refractivity contribution < 1.29 is 22.7 Å². The van der Waals surface area contributed by atoms with Crippen molar-refractivity contribution in [3.63, 3.8) is 0 Å². The predicted octanol–water partition coefficient (Wildman–Crippen LogP) is 5.54. The molecule has 0 aliphatic heterocycles. The molecule has 0 saturated carbocycles. The molecule has 0 aromatic heterocycles. The highest BCUT2D eigenvalue weighted by Gasteiger charge is 2.18. The molecule has 1 amide bonds. The number of sulfonamides is 1. The second kappa shape index (κ2) is 10.1. The Bertz CT molecular complexity index is 1370. The van der Waals surface area contributed by atoms with Crippen molar-refractivity contribution in [2.45, 2.75) is 4.90 Å². The molecule has 0 aliphatic rings. The van der Waals surface area contributed by atoms with Crippen molar-refractivity contribution in [1.82, 2.24) is 0 Å². The number of rotatable bonds is 8. The standard InChI is InChI=1S/C26H22N2O5S/c1-32-25-17-16-23(18-24(25)27-26(29)19-8-4-2-5-9-19)34(30,31)28-20-12-14-22(15-13-20)33-21-10-6-3-7-11-21/h2-18,28H,1H3,(H,27,29). The van der Waals surface area contributed by atoms with E-state index in [1.54, 1.807) is 54.6 Å². The van der Waals surface area contributed by atoms with Crippen LogP contribution in [0.5, 0.6) is 17.2 Å². The van der Waals surface area contributed by atoms with E-state index in [1.807, 2.05) is 30.3 Å². The summed E-state index contributed by atoms with van der Waals surface area (Å²) in [6, 6.07) is 28.7. The van der Waals surface area contributed by atoms with E-state index < -0.39 is 10.0 Å². The minimum Gasteiger partial charge on any atom is -0.495 e. The molecule has 172 valence electrons. The minimum absolute atomic E-state index is 0.0266. The number of para-hydroxylation sites is 1. The molecular weight excluding hydrogens is 452 g/mol. The summed E-state index contributed by atoms with van der Waals surface area (Å²) in [6.07, 6.45) is 0. The number of carbonyl (C=O) groups excluding carboxylic acids is 1. The van der Waals surface area contributed by atoms with Crippen LogP contribution in [-0.2, 0) is 10.0 Å². The van der Waals surface area contributed by atoms with Crippen molar-refractivity contribution in [3.8, 4) is 17.2 Å². The Hall–Kier alpha value is -4.30. The Kier molecular flexibility index (Phi) is 6.79. The average Bonchev–Trinajstić information content (AvgIpc) is 2.86. The first-order chi connectivity index (χ1) is 16.4. The number of ether oxygens (including phenoxy) is 2. The lowest BCUT2D eigenvalue weighted by atomic mass is 10.2. The Morgan fingerprint density at radius 3 is 2.03 bits per heavy atom. The molecule has 0 atom stereocenters. The highest BCUT2D eigenvalue weighted by molar-refractivity contribution is 7.92. The zero-order chi connectivity index (χ0) is 24.0. The average molecular weight is 475 g/mol. The normalized spacial score (nSPS) is 10.9. The smallest absolute Gasteiger partial charge is 0.261 e. The van der Waals surface area contributed by atoms with Gasteiger partial charge in [0.1, 0.15) is 17.2 Å². The molecule has 4 aromatic carbocycles. The van der Waals surface area contributed by atoms with E-state index in [0.29, 0.717) is 28.5 Å². The van der Waals surface area contributed by atoms with Crippen molar-refractivity contribution in [2.24, 2.45) is 0 Å². The molecule has 7 nitrogen and oxygen atoms in total. The number of hydrogen-bond donors (Lipinski definition) is 2. The zero-order valence-corrected chi connectivity index (χ0v) is 19.1. The van der Waals surface area contributed by atoms with Gasteiger partial charge in [0.15, 0.2) is 0 Å². The van der Waals surface area contributed by atoms with Crippen LogP contribution in [0.2, 0.25) is 0 Å². The predicted molar refractivity (Wildman–Crippen MR) is 131 cm³/mol. The second-order valence-corrected chi connectivity index (χ2v) is 8.91. The molecule has 0 fully saturated rings. The van der Waals surface area contributed by atoms with Gasteiger partial charge in [-0.2, -0.15) is 0 Å². The Balaban J connectivity index is 1.51. The lowest BCUT2D eigenvalue weighted by Gasteiger charge is -2.14. The maximum absolute atomic E-state index is 13.0. The molecule has 0 bridgehead atoms. The van der Waals surface area contributed by atoms with Crippen LogP contribution in [0.25, 0.3) is 0 Å². The summed E-state index contributed by atoms with van der Waals surface area (Å²) in [5.41, 5.74) is 1.05. The Morgan fingerprint density at radius 1 is 0.765 bits per heavy atom. The van der Waals surface area contributed by atoms with E-state index in [4.69, 9.17) is 9.47 Å². The molecule has 4 aromatic rings. The molecule has 0 saturated heterocycles. The van der Waals surface area contributed by atoms with Crippen molar-refractivity contribution in [2.75, 3.05) is 17.1 Å². The number of hydrogen-bond acceptors (Lipinski definition) is 5. The summed E-state index contributed by atoms with van der Waals surface area (Å²) in [6.45, 7) is 0. The van der Waals surface area contributed by atoms with Crippen LogP contribution in [0.4, 0.5) is 11.4 Å². The van der Waals surface area contributed by atoms with Crippen LogP contribution < -0.4 is 19.5 Å². The van der Waals surface area contributed by atoms with Crippen LogP contribution >= 0.6 is 0 Å². The topological polar surface area (TPSA) is 93.7 Å². The number of methoxy groups -OCH3 is 1. The highest BCUT2D eigenvalue weighted by Crippen LogP contribution is 2.29. The van der Waals surface area contributed by atoms with Crippen LogP contribution in [0.1, 0.15) is 10.4 Å². The molecule has 4 rings (SSSR count). The quantitative estimate of drug-likeness (QED) is 0.350. The van der Waals surface area contributed by atoms with Crippen LogP contribution in [0.15, 0.2) is 108 Å². The number of carbonyl (C=O) groups is 1. The van der Waals surface area contributed by atoms with Gasteiger partial charge in [-0.3, -0.25) is 9.52 Å². The van der Waals surface area contributed by atoms with Crippen molar-refractivity contribution in [3.05, 3.63) is 109 Å². The molecule has 8 heteroatoms. The summed E-state index contributed by atoms with van der Waals surface area (Å²) in [5, 5.41) is 2.71. The molecule has 2 N–H and O–H groups in total. The molecular formula is C26H22N2O5S. The molecule has 0 spiro atoms. The number of nitrogens with one attached hydrogen (secondary N) is 2. The van der Waals surface area contributed by atoms with Gasteiger partial charge in [-0.1, -0.05) is 36.4 Å². The largest absolute Gasteiger partial charge is 0.495 e. The maximum Gasteiger partial charge on any atom is 0.261 e. The maximum atomic E-state index is 13.0. The zero-order valence-electron chi connectivity index (χ0n) is 18.3. The van der Waals surface area contributed by atoms with E-state index in [0.717, 1.165) is 0 Å². The summed E-state index contributed by atoms with van der Waals surface area (Å²) < 4.78 is 39.5. The van der Waals surface area contributed by atoms with Gasteiger partial charge in [0.2, 0.25) is 0 Å². The SMILES string of the molecule is COc1ccc(S(=O)(=O)Nc2ccc(Oc3ccccc3)cc2)cc1NC(=O)c1ccccc1. The van der Waals surface area contributed by atoms with E-state index in [-0.39, 0.29) is 16.5 Å². The van der Waals surface area contributed by atoms with Crippen molar-refractivity contribution in [1.29, 1.82) is 0 Å². The summed E-state index contributed by atoms with van der Waals surface area (Å²) >= 11 is 0. The van der Waals surface area contributed by atoms with Crippen LogP contribution in [0, 0.1) is 0 Å². The lowest BCUT2D eigenvalue weighted by Crippen LogP contribution is -2.15. The fraction of sp³-hybridized carbons (Fsp3) is 0.0385. The first kappa shape index (κ1) is 22.9. The first-order valence-corrected chi connectivity index (χ1v) is 11.8. The number of amides is 1. The van der Waals surface area contributed by atoms with Crippen LogP contribution in [-0.4, -0.2) is 21.4 Å². The van der Waals surface area contributed by atoms with Gasteiger partial charge in [0.25, 0.3) is 15.9 Å². The lowest BCUT2D eigenvalue weighted by molar-refractivity contribution is 0.102. The van der Waals surface area contributed by atoms with E-state index in [1.165, 1.54) is 25.3 Å². The number of benzene rings is 4. The van der Waals surface area contributed by atoms with Crippen LogP contribution in [0.3, 0.4) is 0 Å². The van der Waals surface area contributed by atoms with Gasteiger partial charge < -0.3 is 14.8 Å². The summed E-state index contributed by atoms with van der Waals surface area (Å²) in [4.78, 5) is 12.5. The van der Waals surface area contributed by atoms with Gasteiger partial charge in [-0.15, -0.1) is 0 Å². The Labute approximate surface area is 198 Å². The monoisotopic (exact) mass is 474 g/mol. The minimum atomic E-state index is -3.93. The highest BCUT2D eigenvalue weighted by atomic mass is 32.2. The summed E-state index contributed by atoms with van der Waals surface area (Å²) in [5.74, 6) is 1.21. The molecule has 0 unspecified atom stereocenters. The molecule has 0 heterocycles. The van der Waals surface area contributed by atoms with Gasteiger partial charge in [0.05, 0.1) is 17.7 Å². The third-order valence-electron chi connectivity index (χ3n) is 4.85. The van der Waals surface area contributed by atoms with Gasteiger partial charge in [0, 0.05) is 11.3 Å². The van der Waals surface area contributed by atoms with E-state index in [2.05, 4.69) is 10.0 Å².